The first-order valence-corrected chi connectivity index (χ1v) is 10.1. The monoisotopic (exact) mass is 357 g/mol. The fraction of sp³-hybridized carbons (Fsp3) is 0.619. The van der Waals surface area contributed by atoms with E-state index in [1.54, 1.807) is 0 Å². The highest BCUT2D eigenvalue weighted by Crippen LogP contribution is 2.25. The topological polar surface area (TPSA) is 61.4 Å². The summed E-state index contributed by atoms with van der Waals surface area (Å²) < 4.78 is 0. The summed E-state index contributed by atoms with van der Waals surface area (Å²) in [6, 6.07) is 7.68. The van der Waals surface area contributed by atoms with Crippen LogP contribution in [0.4, 0.5) is 5.69 Å². The second-order valence-electron chi connectivity index (χ2n) is 7.55. The maximum absolute atomic E-state index is 13.0. The highest BCUT2D eigenvalue weighted by atomic mass is 16.2. The first kappa shape index (κ1) is 18.9. The van der Waals surface area contributed by atoms with Gasteiger partial charge in [0.2, 0.25) is 5.91 Å². The van der Waals surface area contributed by atoms with Gasteiger partial charge < -0.3 is 15.5 Å². The zero-order valence-corrected chi connectivity index (χ0v) is 15.8. The molecule has 0 aromatic heterocycles. The second kappa shape index (κ2) is 9.17. The molecule has 0 bridgehead atoms. The molecule has 1 aliphatic heterocycles. The fourth-order valence-corrected chi connectivity index (χ4v) is 4.10. The maximum Gasteiger partial charge on any atom is 0.254 e. The summed E-state index contributed by atoms with van der Waals surface area (Å²) in [5.74, 6) is 0.276. The zero-order valence-electron chi connectivity index (χ0n) is 15.8. The standard InChI is InChI=1S/C21H31N3O2/c1-2-13-24(19-11-12-22-15-19)21(26)17-9-6-10-18(14-17)23-20(25)16-7-4-3-5-8-16/h6,9-10,14,16,19,22H,2-5,7-8,11-13,15H2,1H3,(H,23,25). The fourth-order valence-electron chi connectivity index (χ4n) is 4.10. The number of amides is 2. The zero-order chi connectivity index (χ0) is 18.4. The molecule has 1 aromatic rings. The van der Waals surface area contributed by atoms with Gasteiger partial charge in [-0.05, 0) is 50.4 Å². The van der Waals surface area contributed by atoms with Crippen molar-refractivity contribution in [1.82, 2.24) is 10.2 Å². The molecular weight excluding hydrogens is 326 g/mol. The van der Waals surface area contributed by atoms with Crippen LogP contribution >= 0.6 is 0 Å². The van der Waals surface area contributed by atoms with Crippen molar-refractivity contribution in [3.05, 3.63) is 29.8 Å². The number of benzene rings is 1. The van der Waals surface area contributed by atoms with Gasteiger partial charge in [-0.2, -0.15) is 0 Å². The van der Waals surface area contributed by atoms with Gasteiger partial charge in [0, 0.05) is 36.3 Å². The van der Waals surface area contributed by atoms with Crippen molar-refractivity contribution in [2.75, 3.05) is 25.0 Å². The number of nitrogens with one attached hydrogen (secondary N) is 2. The molecule has 2 aliphatic rings. The van der Waals surface area contributed by atoms with Gasteiger partial charge in [0.05, 0.1) is 0 Å². The summed E-state index contributed by atoms with van der Waals surface area (Å²) in [7, 11) is 0. The summed E-state index contributed by atoms with van der Waals surface area (Å²) >= 11 is 0. The molecule has 5 heteroatoms. The van der Waals surface area contributed by atoms with Gasteiger partial charge >= 0.3 is 0 Å². The molecule has 1 atom stereocenters. The van der Waals surface area contributed by atoms with E-state index in [2.05, 4.69) is 17.6 Å². The van der Waals surface area contributed by atoms with Gasteiger partial charge in [0.1, 0.15) is 0 Å². The average molecular weight is 357 g/mol. The van der Waals surface area contributed by atoms with Crippen LogP contribution in [0.2, 0.25) is 0 Å². The largest absolute Gasteiger partial charge is 0.334 e. The number of carbonyl (C=O) groups excluding carboxylic acids is 2. The summed E-state index contributed by atoms with van der Waals surface area (Å²) in [6.07, 6.45) is 7.41. The van der Waals surface area contributed by atoms with Gasteiger partial charge in [-0.25, -0.2) is 0 Å². The van der Waals surface area contributed by atoms with Crippen molar-refractivity contribution in [2.45, 2.75) is 57.9 Å². The molecule has 142 valence electrons. The van der Waals surface area contributed by atoms with E-state index in [4.69, 9.17) is 0 Å². The molecule has 2 N–H and O–H groups in total. The second-order valence-corrected chi connectivity index (χ2v) is 7.55. The van der Waals surface area contributed by atoms with Gasteiger partial charge in [-0.3, -0.25) is 9.59 Å². The van der Waals surface area contributed by atoms with Crippen molar-refractivity contribution >= 4 is 17.5 Å². The molecular formula is C21H31N3O2. The number of rotatable bonds is 6. The maximum atomic E-state index is 13.0. The first-order chi connectivity index (χ1) is 12.7. The van der Waals surface area contributed by atoms with E-state index in [1.807, 2.05) is 29.2 Å². The molecule has 0 radical (unpaired) electrons. The molecule has 3 rings (SSSR count). The van der Waals surface area contributed by atoms with Crippen molar-refractivity contribution < 1.29 is 9.59 Å². The van der Waals surface area contributed by atoms with Crippen molar-refractivity contribution in [3.63, 3.8) is 0 Å². The Bertz CT molecular complexity index is 619. The first-order valence-electron chi connectivity index (χ1n) is 10.1. The number of hydrogen-bond donors (Lipinski definition) is 2. The Morgan fingerprint density at radius 1 is 1.19 bits per heavy atom. The van der Waals surface area contributed by atoms with E-state index in [0.717, 1.165) is 63.8 Å². The summed E-state index contributed by atoms with van der Waals surface area (Å²) in [5.41, 5.74) is 1.39. The SMILES string of the molecule is CCCN(C(=O)c1cccc(NC(=O)C2CCCCC2)c1)C1CCNC1. The van der Waals surface area contributed by atoms with Crippen molar-refractivity contribution in [1.29, 1.82) is 0 Å². The van der Waals surface area contributed by atoms with Crippen molar-refractivity contribution in [2.24, 2.45) is 5.92 Å². The normalized spacial score (nSPS) is 20.7. The third kappa shape index (κ3) is 4.64. The van der Waals surface area contributed by atoms with Gasteiger partial charge in [0.25, 0.3) is 5.91 Å². The molecule has 1 aromatic carbocycles. The summed E-state index contributed by atoms with van der Waals surface area (Å²) in [4.78, 5) is 27.5. The average Bonchev–Trinajstić information content (AvgIpc) is 3.21. The molecule has 1 saturated heterocycles. The van der Waals surface area contributed by atoms with Crippen LogP contribution in [0.1, 0.15) is 62.2 Å². The molecule has 1 unspecified atom stereocenters. The van der Waals surface area contributed by atoms with Crippen LogP contribution in [0.3, 0.4) is 0 Å². The predicted octanol–water partition coefficient (Wildman–Crippen LogP) is 3.42. The predicted molar refractivity (Wildman–Crippen MR) is 104 cm³/mol. The Kier molecular flexibility index (Phi) is 6.67. The van der Waals surface area contributed by atoms with E-state index in [9.17, 15) is 9.59 Å². The van der Waals surface area contributed by atoms with Crippen LogP contribution in [-0.2, 0) is 4.79 Å². The molecule has 1 aliphatic carbocycles. The lowest BCUT2D eigenvalue weighted by Gasteiger charge is -2.28. The molecule has 2 fully saturated rings. The van der Waals surface area contributed by atoms with E-state index >= 15 is 0 Å². The minimum atomic E-state index is 0.0642. The minimum Gasteiger partial charge on any atom is -0.334 e. The van der Waals surface area contributed by atoms with Crippen molar-refractivity contribution in [3.8, 4) is 0 Å². The Balaban J connectivity index is 1.68. The van der Waals surface area contributed by atoms with Gasteiger partial charge in [-0.15, -0.1) is 0 Å². The minimum absolute atomic E-state index is 0.0642. The number of hydrogen-bond acceptors (Lipinski definition) is 3. The van der Waals surface area contributed by atoms with E-state index in [-0.39, 0.29) is 23.8 Å². The number of anilines is 1. The quantitative estimate of drug-likeness (QED) is 0.820. The highest BCUT2D eigenvalue weighted by molar-refractivity contribution is 5.97. The van der Waals surface area contributed by atoms with Crippen LogP contribution in [0, 0.1) is 5.92 Å². The molecule has 1 heterocycles. The molecule has 1 saturated carbocycles. The molecule has 26 heavy (non-hydrogen) atoms. The van der Waals surface area contributed by atoms with E-state index in [0.29, 0.717) is 5.56 Å². The smallest absolute Gasteiger partial charge is 0.254 e. The van der Waals surface area contributed by atoms with Gasteiger partial charge in [0.15, 0.2) is 0 Å². The van der Waals surface area contributed by atoms with Gasteiger partial charge in [-0.1, -0.05) is 32.3 Å². The lowest BCUT2D eigenvalue weighted by Crippen LogP contribution is -2.42. The summed E-state index contributed by atoms with van der Waals surface area (Å²) in [6.45, 7) is 4.70. The number of nitrogens with zero attached hydrogens (tertiary/aromatic N) is 1. The van der Waals surface area contributed by atoms with E-state index in [1.165, 1.54) is 6.42 Å². The van der Waals surface area contributed by atoms with Crippen LogP contribution < -0.4 is 10.6 Å². The number of carbonyl (C=O) groups is 2. The lowest BCUT2D eigenvalue weighted by atomic mass is 9.88. The third-order valence-electron chi connectivity index (χ3n) is 5.55. The Morgan fingerprint density at radius 3 is 2.69 bits per heavy atom. The highest BCUT2D eigenvalue weighted by Gasteiger charge is 2.27. The summed E-state index contributed by atoms with van der Waals surface area (Å²) in [5, 5.41) is 6.37. The van der Waals surface area contributed by atoms with Crippen LogP contribution in [0.15, 0.2) is 24.3 Å². The van der Waals surface area contributed by atoms with Crippen LogP contribution in [-0.4, -0.2) is 42.4 Å². The Hall–Kier alpha value is -1.88. The lowest BCUT2D eigenvalue weighted by molar-refractivity contribution is -0.120. The molecule has 5 nitrogen and oxygen atoms in total. The third-order valence-corrected chi connectivity index (χ3v) is 5.55. The van der Waals surface area contributed by atoms with Crippen LogP contribution in [0.5, 0.6) is 0 Å². The Labute approximate surface area is 156 Å². The molecule has 0 spiro atoms. The van der Waals surface area contributed by atoms with E-state index < -0.39 is 0 Å². The Morgan fingerprint density at radius 2 is 2.00 bits per heavy atom. The van der Waals surface area contributed by atoms with Crippen LogP contribution in [0.25, 0.3) is 0 Å². The molecule has 2 amide bonds.